The summed E-state index contributed by atoms with van der Waals surface area (Å²) in [5.74, 6) is -0.251. The van der Waals surface area contributed by atoms with Gasteiger partial charge in [-0.15, -0.1) is 0 Å². The molecule has 0 saturated carbocycles. The molecule has 1 unspecified atom stereocenters. The molecule has 0 aliphatic heterocycles. The van der Waals surface area contributed by atoms with E-state index >= 15 is 0 Å². The summed E-state index contributed by atoms with van der Waals surface area (Å²) in [5.41, 5.74) is 8.09. The number of nitrogens with one attached hydrogen (secondary N) is 1. The van der Waals surface area contributed by atoms with Crippen molar-refractivity contribution in [2.24, 2.45) is 5.11 Å². The van der Waals surface area contributed by atoms with E-state index in [9.17, 15) is 4.79 Å². The molecule has 0 saturated heterocycles. The number of carbonyl (C=O) groups excluding carboxylic acids is 1. The molecular weight excluding hydrogens is 208 g/mol. The van der Waals surface area contributed by atoms with E-state index in [1.807, 2.05) is 6.92 Å². The second-order valence-electron chi connectivity index (χ2n) is 3.46. The summed E-state index contributed by atoms with van der Waals surface area (Å²) in [4.78, 5) is 13.8. The zero-order valence-corrected chi connectivity index (χ0v) is 9.98. The average Bonchev–Trinajstić information content (AvgIpc) is 2.30. The maximum absolute atomic E-state index is 11.3. The van der Waals surface area contributed by atoms with Crippen LogP contribution in [0.4, 0.5) is 0 Å². The van der Waals surface area contributed by atoms with E-state index in [1.165, 1.54) is 0 Å². The summed E-state index contributed by atoms with van der Waals surface area (Å²) in [6.07, 6.45) is 3.01. The van der Waals surface area contributed by atoms with Gasteiger partial charge in [-0.1, -0.05) is 24.9 Å². The Hall–Kier alpha value is -1.26. The molecule has 0 fully saturated rings. The van der Waals surface area contributed by atoms with Crippen LogP contribution < -0.4 is 5.32 Å². The highest BCUT2D eigenvalue weighted by molar-refractivity contribution is 5.78. The van der Waals surface area contributed by atoms with Crippen LogP contribution in [0, 0.1) is 0 Å². The van der Waals surface area contributed by atoms with Gasteiger partial charge in [0.2, 0.25) is 5.91 Å². The van der Waals surface area contributed by atoms with Crippen molar-refractivity contribution in [2.75, 3.05) is 19.8 Å². The van der Waals surface area contributed by atoms with Gasteiger partial charge in [0.1, 0.15) is 6.54 Å². The highest BCUT2D eigenvalue weighted by Gasteiger charge is 2.10. The van der Waals surface area contributed by atoms with Gasteiger partial charge in [-0.3, -0.25) is 4.79 Å². The van der Waals surface area contributed by atoms with E-state index in [4.69, 9.17) is 10.3 Å². The zero-order chi connectivity index (χ0) is 12.2. The molecule has 1 N–H and O–H groups in total. The average molecular weight is 228 g/mol. The predicted molar refractivity (Wildman–Crippen MR) is 62.0 cm³/mol. The maximum atomic E-state index is 11.3. The molecule has 0 bridgehead atoms. The minimum absolute atomic E-state index is 0.0151. The molecule has 16 heavy (non-hydrogen) atoms. The van der Waals surface area contributed by atoms with Crippen LogP contribution in [-0.4, -0.2) is 31.7 Å². The van der Waals surface area contributed by atoms with Crippen molar-refractivity contribution in [3.8, 4) is 0 Å². The van der Waals surface area contributed by atoms with Crippen molar-refractivity contribution < 1.29 is 9.53 Å². The summed E-state index contributed by atoms with van der Waals surface area (Å²) in [5, 5.41) is 6.01. The zero-order valence-electron chi connectivity index (χ0n) is 9.98. The number of hydrogen-bond donors (Lipinski definition) is 1. The van der Waals surface area contributed by atoms with Crippen LogP contribution in [0.15, 0.2) is 5.11 Å². The molecule has 0 heterocycles. The first-order valence-electron chi connectivity index (χ1n) is 5.62. The fraction of sp³-hybridized carbons (Fsp3) is 0.900. The Bertz CT molecular complexity index is 231. The molecule has 6 heteroatoms. The third-order valence-electron chi connectivity index (χ3n) is 2.07. The maximum Gasteiger partial charge on any atom is 0.226 e. The lowest BCUT2D eigenvalue weighted by Gasteiger charge is -2.17. The molecular formula is C10H20N4O2. The Morgan fingerprint density at radius 2 is 2.31 bits per heavy atom. The predicted octanol–water partition coefficient (Wildman–Crippen LogP) is 2.01. The van der Waals surface area contributed by atoms with Crippen LogP contribution in [0.25, 0.3) is 10.4 Å². The van der Waals surface area contributed by atoms with Crippen LogP contribution in [0.5, 0.6) is 0 Å². The van der Waals surface area contributed by atoms with E-state index in [-0.39, 0.29) is 18.5 Å². The normalized spacial score (nSPS) is 11.6. The van der Waals surface area contributed by atoms with Crippen LogP contribution in [0.1, 0.15) is 33.1 Å². The van der Waals surface area contributed by atoms with Crippen molar-refractivity contribution in [3.05, 3.63) is 10.4 Å². The largest absolute Gasteiger partial charge is 0.380 e. The molecule has 1 amide bonds. The molecule has 6 nitrogen and oxygen atoms in total. The molecule has 0 aromatic heterocycles. The van der Waals surface area contributed by atoms with Gasteiger partial charge in [-0.2, -0.15) is 0 Å². The van der Waals surface area contributed by atoms with Crippen molar-refractivity contribution in [1.82, 2.24) is 5.32 Å². The quantitative estimate of drug-likeness (QED) is 0.371. The second-order valence-corrected chi connectivity index (χ2v) is 3.46. The van der Waals surface area contributed by atoms with Gasteiger partial charge in [0.05, 0.1) is 12.6 Å². The monoisotopic (exact) mass is 228 g/mol. The lowest BCUT2D eigenvalue weighted by molar-refractivity contribution is -0.120. The summed E-state index contributed by atoms with van der Waals surface area (Å²) in [7, 11) is 0. The summed E-state index contributed by atoms with van der Waals surface area (Å²) in [6, 6.07) is 0.0151. The summed E-state index contributed by atoms with van der Waals surface area (Å²) < 4.78 is 5.28. The molecule has 0 rings (SSSR count). The number of hydrogen-bond acceptors (Lipinski definition) is 3. The SMILES string of the molecule is CCCCC(COCC)NC(=O)CN=[N+]=[N-]. The minimum Gasteiger partial charge on any atom is -0.380 e. The number of rotatable bonds is 9. The van der Waals surface area contributed by atoms with E-state index in [0.29, 0.717) is 13.2 Å². The number of unbranched alkanes of at least 4 members (excludes halogenated alkanes) is 1. The second kappa shape index (κ2) is 10.3. The van der Waals surface area contributed by atoms with Gasteiger partial charge < -0.3 is 10.1 Å². The van der Waals surface area contributed by atoms with E-state index < -0.39 is 0 Å². The highest BCUT2D eigenvalue weighted by Crippen LogP contribution is 2.01. The number of ether oxygens (including phenoxy) is 1. The number of nitrogens with zero attached hydrogens (tertiary/aromatic N) is 3. The highest BCUT2D eigenvalue weighted by atomic mass is 16.5. The molecule has 0 aromatic rings. The van der Waals surface area contributed by atoms with Crippen LogP contribution in [0.3, 0.4) is 0 Å². The van der Waals surface area contributed by atoms with Crippen LogP contribution >= 0.6 is 0 Å². The topological polar surface area (TPSA) is 87.1 Å². The van der Waals surface area contributed by atoms with E-state index in [1.54, 1.807) is 0 Å². The van der Waals surface area contributed by atoms with Crippen LogP contribution in [0.2, 0.25) is 0 Å². The Morgan fingerprint density at radius 1 is 1.56 bits per heavy atom. The number of carbonyl (C=O) groups is 1. The first-order valence-corrected chi connectivity index (χ1v) is 5.62. The molecule has 0 aliphatic rings. The Morgan fingerprint density at radius 3 is 2.88 bits per heavy atom. The molecule has 92 valence electrons. The Balaban J connectivity index is 3.96. The molecule has 1 atom stereocenters. The third-order valence-corrected chi connectivity index (χ3v) is 2.07. The minimum atomic E-state index is -0.251. The van der Waals surface area contributed by atoms with Gasteiger partial charge in [0, 0.05) is 11.5 Å². The van der Waals surface area contributed by atoms with Crippen molar-refractivity contribution in [1.29, 1.82) is 0 Å². The third kappa shape index (κ3) is 8.08. The van der Waals surface area contributed by atoms with Crippen LogP contribution in [-0.2, 0) is 9.53 Å². The van der Waals surface area contributed by atoms with E-state index in [2.05, 4.69) is 22.3 Å². The molecule has 0 aliphatic carbocycles. The van der Waals surface area contributed by atoms with Gasteiger partial charge in [0.25, 0.3) is 0 Å². The molecule has 0 aromatic carbocycles. The van der Waals surface area contributed by atoms with Gasteiger partial charge in [0.15, 0.2) is 0 Å². The lowest BCUT2D eigenvalue weighted by atomic mass is 10.1. The van der Waals surface area contributed by atoms with E-state index in [0.717, 1.165) is 19.3 Å². The Kier molecular flexibility index (Phi) is 9.46. The standard InChI is InChI=1S/C10H20N4O2/c1-3-5-6-9(8-16-4-2)13-10(15)7-12-14-11/h9H,3-8H2,1-2H3,(H,13,15). The fourth-order valence-corrected chi connectivity index (χ4v) is 1.28. The fourth-order valence-electron chi connectivity index (χ4n) is 1.28. The Labute approximate surface area is 96.0 Å². The van der Waals surface area contributed by atoms with Gasteiger partial charge in [-0.25, -0.2) is 0 Å². The smallest absolute Gasteiger partial charge is 0.226 e. The van der Waals surface area contributed by atoms with Crippen molar-refractivity contribution in [2.45, 2.75) is 39.2 Å². The van der Waals surface area contributed by atoms with Crippen molar-refractivity contribution >= 4 is 5.91 Å². The van der Waals surface area contributed by atoms with Gasteiger partial charge in [-0.05, 0) is 18.9 Å². The number of azide groups is 1. The lowest BCUT2D eigenvalue weighted by Crippen LogP contribution is -2.39. The number of amides is 1. The van der Waals surface area contributed by atoms with Gasteiger partial charge >= 0.3 is 0 Å². The summed E-state index contributed by atoms with van der Waals surface area (Å²) >= 11 is 0. The molecule has 0 radical (unpaired) electrons. The summed E-state index contributed by atoms with van der Waals surface area (Å²) in [6.45, 7) is 5.01. The first kappa shape index (κ1) is 14.7. The first-order chi connectivity index (χ1) is 7.74. The molecule has 0 spiro atoms. The van der Waals surface area contributed by atoms with Crippen molar-refractivity contribution in [3.63, 3.8) is 0 Å².